The number of carbonyl (C=O) groups excluding carboxylic acids is 1. The van der Waals surface area contributed by atoms with E-state index in [1.807, 2.05) is 0 Å². The molecule has 1 atom stereocenters. The minimum absolute atomic E-state index is 0.0420. The van der Waals surface area contributed by atoms with Gasteiger partial charge in [0, 0.05) is 40.8 Å². The number of alkyl halides is 2. The monoisotopic (exact) mass is 556 g/mol. The summed E-state index contributed by atoms with van der Waals surface area (Å²) in [6.07, 6.45) is 3.04. The van der Waals surface area contributed by atoms with Gasteiger partial charge in [0.2, 0.25) is 0 Å². The van der Waals surface area contributed by atoms with Crippen LogP contribution < -0.4 is 0 Å². The Labute approximate surface area is 231 Å². The van der Waals surface area contributed by atoms with E-state index in [9.17, 15) is 23.8 Å². The topological polar surface area (TPSA) is 82.9 Å². The number of carbonyl (C=O) groups is 1. The first kappa shape index (κ1) is 27.6. The standard InChI is InChI=1S/C30H31ClF2N2O4/c1-27(2,38)21-8-11-25-24(14-21)26(37)35(16-23-10-9-22(31)15-34-23)30(25,39-18-29(17-36)12-13-29)20-6-4-19(5-7-20)28(3,32)33/h4-11,14-15,36,38H,12-13,16-18H2,1-3H3/t30-/m1/s1. The normalized spacial score (nSPS) is 20.3. The van der Waals surface area contributed by atoms with E-state index < -0.39 is 22.7 Å². The average molecular weight is 557 g/mol. The van der Waals surface area contributed by atoms with E-state index >= 15 is 0 Å². The lowest BCUT2D eigenvalue weighted by Gasteiger charge is -2.40. The van der Waals surface area contributed by atoms with Crippen molar-refractivity contribution in [2.75, 3.05) is 13.2 Å². The minimum Gasteiger partial charge on any atom is -0.396 e. The molecule has 0 saturated heterocycles. The third-order valence-electron chi connectivity index (χ3n) is 7.72. The number of fused-ring (bicyclic) bond motifs is 1. The summed E-state index contributed by atoms with van der Waals surface area (Å²) in [5.41, 5.74) is -0.829. The van der Waals surface area contributed by atoms with Gasteiger partial charge < -0.3 is 14.9 Å². The Morgan fingerprint density at radius 3 is 2.26 bits per heavy atom. The van der Waals surface area contributed by atoms with Crippen molar-refractivity contribution < 1.29 is 28.5 Å². The van der Waals surface area contributed by atoms with Gasteiger partial charge in [-0.15, -0.1) is 0 Å². The number of aliphatic hydroxyl groups is 2. The molecule has 6 nitrogen and oxygen atoms in total. The number of pyridine rings is 1. The highest BCUT2D eigenvalue weighted by atomic mass is 35.5. The SMILES string of the molecule is CC(C)(O)c1ccc2c(c1)C(=O)N(Cc1ccc(Cl)cn1)[C@@]2(OCC1(CO)CC1)c1ccc(C(C)(F)F)cc1. The number of ether oxygens (including phenoxy) is 1. The molecule has 1 amide bonds. The number of halogens is 3. The number of aliphatic hydroxyl groups excluding tert-OH is 1. The Kier molecular flexibility index (Phi) is 6.82. The van der Waals surface area contributed by atoms with Crippen LogP contribution in [0.25, 0.3) is 0 Å². The van der Waals surface area contributed by atoms with Crippen LogP contribution in [0.15, 0.2) is 60.8 Å². The lowest BCUT2D eigenvalue weighted by molar-refractivity contribution is -0.129. The number of nitrogens with zero attached hydrogens (tertiary/aromatic N) is 2. The maximum atomic E-state index is 14.1. The van der Waals surface area contributed by atoms with Gasteiger partial charge in [0.25, 0.3) is 11.8 Å². The van der Waals surface area contributed by atoms with E-state index in [0.717, 1.165) is 19.8 Å². The highest BCUT2D eigenvalue weighted by molar-refractivity contribution is 6.30. The van der Waals surface area contributed by atoms with Crippen molar-refractivity contribution in [3.63, 3.8) is 0 Å². The predicted octanol–water partition coefficient (Wildman–Crippen LogP) is 5.72. The molecule has 0 bridgehead atoms. The molecule has 9 heteroatoms. The molecular weight excluding hydrogens is 526 g/mol. The minimum atomic E-state index is -3.04. The Balaban J connectivity index is 1.71. The summed E-state index contributed by atoms with van der Waals surface area (Å²) in [5.74, 6) is -3.40. The molecule has 0 spiro atoms. The van der Waals surface area contributed by atoms with Crippen LogP contribution in [0.2, 0.25) is 5.02 Å². The summed E-state index contributed by atoms with van der Waals surface area (Å²) < 4.78 is 34.9. The Bertz CT molecular complexity index is 1380. The maximum Gasteiger partial charge on any atom is 0.270 e. The highest BCUT2D eigenvalue weighted by Crippen LogP contribution is 2.51. The van der Waals surface area contributed by atoms with E-state index in [1.165, 1.54) is 23.2 Å². The van der Waals surface area contributed by atoms with Crippen molar-refractivity contribution in [2.24, 2.45) is 5.41 Å². The predicted molar refractivity (Wildman–Crippen MR) is 142 cm³/mol. The fraction of sp³-hybridized carbons (Fsp3) is 0.400. The lowest BCUT2D eigenvalue weighted by Crippen LogP contribution is -2.47. The van der Waals surface area contributed by atoms with Crippen molar-refractivity contribution in [3.8, 4) is 0 Å². The van der Waals surface area contributed by atoms with Crippen molar-refractivity contribution in [1.82, 2.24) is 9.88 Å². The Morgan fingerprint density at radius 2 is 1.72 bits per heavy atom. The smallest absolute Gasteiger partial charge is 0.270 e. The van der Waals surface area contributed by atoms with Gasteiger partial charge in [-0.1, -0.05) is 48.0 Å². The van der Waals surface area contributed by atoms with Gasteiger partial charge in [-0.05, 0) is 50.5 Å². The third-order valence-corrected chi connectivity index (χ3v) is 7.94. The summed E-state index contributed by atoms with van der Waals surface area (Å²) in [6.45, 7) is 4.23. The highest BCUT2D eigenvalue weighted by Gasteiger charge is 2.55. The first-order chi connectivity index (χ1) is 18.3. The molecule has 206 valence electrons. The number of hydrogen-bond donors (Lipinski definition) is 2. The molecule has 5 rings (SSSR count). The summed E-state index contributed by atoms with van der Waals surface area (Å²) in [6, 6.07) is 14.3. The van der Waals surface area contributed by atoms with Crippen LogP contribution in [0, 0.1) is 5.41 Å². The molecule has 2 heterocycles. The number of rotatable bonds is 9. The molecule has 1 saturated carbocycles. The van der Waals surface area contributed by atoms with Crippen molar-refractivity contribution in [2.45, 2.75) is 57.4 Å². The van der Waals surface area contributed by atoms with Gasteiger partial charge in [0.15, 0.2) is 5.72 Å². The van der Waals surface area contributed by atoms with Gasteiger partial charge in [-0.3, -0.25) is 14.7 Å². The van der Waals surface area contributed by atoms with Gasteiger partial charge in [-0.2, -0.15) is 0 Å². The molecule has 1 aromatic heterocycles. The zero-order valence-electron chi connectivity index (χ0n) is 22.0. The van der Waals surface area contributed by atoms with Crippen LogP contribution >= 0.6 is 11.6 Å². The molecule has 2 aromatic carbocycles. The Morgan fingerprint density at radius 1 is 1.05 bits per heavy atom. The molecule has 1 aliphatic carbocycles. The third kappa shape index (κ3) is 5.07. The molecule has 2 aliphatic rings. The quantitative estimate of drug-likeness (QED) is 0.352. The largest absolute Gasteiger partial charge is 0.396 e. The molecule has 3 aromatic rings. The van der Waals surface area contributed by atoms with Crippen LogP contribution in [-0.2, 0) is 28.5 Å². The van der Waals surface area contributed by atoms with Crippen molar-refractivity contribution >= 4 is 17.5 Å². The molecule has 0 unspecified atom stereocenters. The van der Waals surface area contributed by atoms with Crippen LogP contribution in [-0.4, -0.2) is 39.2 Å². The van der Waals surface area contributed by atoms with Crippen molar-refractivity contribution in [1.29, 1.82) is 0 Å². The van der Waals surface area contributed by atoms with Gasteiger partial charge >= 0.3 is 0 Å². The van der Waals surface area contributed by atoms with Crippen molar-refractivity contribution in [3.05, 3.63) is 99.3 Å². The molecule has 2 N–H and O–H groups in total. The average Bonchev–Trinajstić information content (AvgIpc) is 3.64. The second-order valence-corrected chi connectivity index (χ2v) is 11.7. The van der Waals surface area contributed by atoms with Gasteiger partial charge in [0.1, 0.15) is 0 Å². The summed E-state index contributed by atoms with van der Waals surface area (Å²) in [7, 11) is 0. The maximum absolute atomic E-state index is 14.1. The summed E-state index contributed by atoms with van der Waals surface area (Å²) in [5, 5.41) is 21.1. The first-order valence-electron chi connectivity index (χ1n) is 12.8. The fourth-order valence-corrected chi connectivity index (χ4v) is 5.11. The van der Waals surface area contributed by atoms with E-state index in [2.05, 4.69) is 4.98 Å². The fourth-order valence-electron chi connectivity index (χ4n) is 5.00. The first-order valence-corrected chi connectivity index (χ1v) is 13.2. The van der Waals surface area contributed by atoms with Crippen LogP contribution in [0.1, 0.15) is 71.9 Å². The number of aromatic nitrogens is 1. The number of hydrogen-bond acceptors (Lipinski definition) is 5. The lowest BCUT2D eigenvalue weighted by atomic mass is 9.88. The Hall–Kier alpha value is -2.91. The molecule has 1 aliphatic heterocycles. The van der Waals surface area contributed by atoms with Crippen LogP contribution in [0.3, 0.4) is 0 Å². The van der Waals surface area contributed by atoms with E-state index in [-0.39, 0.29) is 31.2 Å². The van der Waals surface area contributed by atoms with Gasteiger partial charge in [0.05, 0.1) is 36.1 Å². The zero-order valence-corrected chi connectivity index (χ0v) is 22.8. The molecule has 1 fully saturated rings. The molecular formula is C30H31ClF2N2O4. The second kappa shape index (κ2) is 9.63. The second-order valence-electron chi connectivity index (χ2n) is 11.2. The van der Waals surface area contributed by atoms with Crippen LogP contribution in [0.4, 0.5) is 8.78 Å². The van der Waals surface area contributed by atoms with Crippen LogP contribution in [0.5, 0.6) is 0 Å². The molecule has 39 heavy (non-hydrogen) atoms. The van der Waals surface area contributed by atoms with Gasteiger partial charge in [-0.25, -0.2) is 8.78 Å². The van der Waals surface area contributed by atoms with E-state index in [1.54, 1.807) is 56.3 Å². The number of amides is 1. The van der Waals surface area contributed by atoms with E-state index in [0.29, 0.717) is 33.0 Å². The summed E-state index contributed by atoms with van der Waals surface area (Å²) >= 11 is 6.04. The molecule has 0 radical (unpaired) electrons. The summed E-state index contributed by atoms with van der Waals surface area (Å²) in [4.78, 5) is 20.0. The zero-order chi connectivity index (χ0) is 28.2. The number of benzene rings is 2. The van der Waals surface area contributed by atoms with E-state index in [4.69, 9.17) is 16.3 Å².